The number of esters is 1. The van der Waals surface area contributed by atoms with Crippen molar-refractivity contribution in [1.29, 1.82) is 0 Å². The first-order valence-corrected chi connectivity index (χ1v) is 9.45. The molecule has 0 saturated carbocycles. The summed E-state index contributed by atoms with van der Waals surface area (Å²) in [5, 5.41) is 0.283. The fourth-order valence-corrected chi connectivity index (χ4v) is 3.39. The molecule has 0 aliphatic carbocycles. The van der Waals surface area contributed by atoms with Crippen molar-refractivity contribution >= 4 is 35.1 Å². The van der Waals surface area contributed by atoms with Crippen molar-refractivity contribution < 1.29 is 23.9 Å². The van der Waals surface area contributed by atoms with Crippen molar-refractivity contribution in [2.45, 2.75) is 6.61 Å². The number of ether oxygens (including phenoxy) is 2. The molecule has 7 heteroatoms. The number of amides is 2. The second-order valence-corrected chi connectivity index (χ2v) is 6.99. The number of rotatable bonds is 5. The highest BCUT2D eigenvalue weighted by atomic mass is 35.5. The third-order valence-corrected chi connectivity index (χ3v) is 5.06. The first kappa shape index (κ1) is 19.7. The zero-order chi connectivity index (χ0) is 21.3. The molecule has 1 heterocycles. The summed E-state index contributed by atoms with van der Waals surface area (Å²) in [7, 11) is 1.57. The van der Waals surface area contributed by atoms with Crippen molar-refractivity contribution in [3.63, 3.8) is 0 Å². The molecule has 0 bridgehead atoms. The highest BCUT2D eigenvalue weighted by Gasteiger charge is 2.38. The van der Waals surface area contributed by atoms with Crippen LogP contribution in [0, 0.1) is 0 Å². The molecular formula is C23H16ClNO5. The number of carbonyl (C=O) groups excluding carboxylic acids is 3. The van der Waals surface area contributed by atoms with E-state index in [4.69, 9.17) is 21.1 Å². The van der Waals surface area contributed by atoms with Gasteiger partial charge in [-0.3, -0.25) is 9.59 Å². The lowest BCUT2D eigenvalue weighted by molar-refractivity contribution is 0.0472. The largest absolute Gasteiger partial charge is 0.497 e. The number of hydrogen-bond donors (Lipinski definition) is 0. The van der Waals surface area contributed by atoms with Gasteiger partial charge in [0.1, 0.15) is 12.4 Å². The van der Waals surface area contributed by atoms with E-state index in [0.717, 1.165) is 10.5 Å². The van der Waals surface area contributed by atoms with Gasteiger partial charge in [0.2, 0.25) is 0 Å². The van der Waals surface area contributed by atoms with Crippen LogP contribution in [0.15, 0.2) is 66.7 Å². The van der Waals surface area contributed by atoms with Crippen LogP contribution in [0.4, 0.5) is 5.69 Å². The Morgan fingerprint density at radius 1 is 0.933 bits per heavy atom. The molecule has 0 spiro atoms. The smallest absolute Gasteiger partial charge is 0.338 e. The second-order valence-electron chi connectivity index (χ2n) is 6.58. The van der Waals surface area contributed by atoms with Gasteiger partial charge >= 0.3 is 5.97 Å². The van der Waals surface area contributed by atoms with E-state index in [0.29, 0.717) is 11.4 Å². The number of fused-ring (bicyclic) bond motifs is 1. The van der Waals surface area contributed by atoms with Gasteiger partial charge in [-0.2, -0.15) is 0 Å². The molecule has 1 aliphatic rings. The van der Waals surface area contributed by atoms with Crippen LogP contribution in [0.1, 0.15) is 36.6 Å². The number of halogens is 1. The van der Waals surface area contributed by atoms with E-state index >= 15 is 0 Å². The van der Waals surface area contributed by atoms with Crippen molar-refractivity contribution in [1.82, 2.24) is 0 Å². The van der Waals surface area contributed by atoms with E-state index in [1.807, 2.05) is 0 Å². The van der Waals surface area contributed by atoms with Gasteiger partial charge in [0.25, 0.3) is 11.8 Å². The van der Waals surface area contributed by atoms with Gasteiger partial charge in [-0.15, -0.1) is 0 Å². The van der Waals surface area contributed by atoms with Crippen LogP contribution in [0.25, 0.3) is 0 Å². The van der Waals surface area contributed by atoms with Crippen LogP contribution < -0.4 is 9.64 Å². The topological polar surface area (TPSA) is 72.9 Å². The second kappa shape index (κ2) is 8.00. The molecule has 0 atom stereocenters. The molecular weight excluding hydrogens is 406 g/mol. The predicted molar refractivity (Wildman–Crippen MR) is 111 cm³/mol. The van der Waals surface area contributed by atoms with Crippen molar-refractivity contribution in [2.24, 2.45) is 0 Å². The zero-order valence-corrected chi connectivity index (χ0v) is 16.7. The maximum Gasteiger partial charge on any atom is 0.338 e. The Morgan fingerprint density at radius 2 is 1.63 bits per heavy atom. The van der Waals surface area contributed by atoms with Gasteiger partial charge in [-0.05, 0) is 48.0 Å². The van der Waals surface area contributed by atoms with E-state index < -0.39 is 17.8 Å². The number of imide groups is 1. The summed E-state index contributed by atoms with van der Waals surface area (Å²) >= 11 is 6.15. The minimum Gasteiger partial charge on any atom is -0.497 e. The summed E-state index contributed by atoms with van der Waals surface area (Å²) in [4.78, 5) is 39.1. The average Bonchev–Trinajstić information content (AvgIpc) is 3.02. The van der Waals surface area contributed by atoms with Gasteiger partial charge in [0.05, 0.1) is 34.5 Å². The molecule has 2 amide bonds. The lowest BCUT2D eigenvalue weighted by Gasteiger charge is -2.15. The van der Waals surface area contributed by atoms with Crippen LogP contribution in [-0.2, 0) is 11.3 Å². The summed E-state index contributed by atoms with van der Waals surface area (Å²) in [6.45, 7) is 0.0680. The maximum atomic E-state index is 12.9. The standard InChI is InChI=1S/C23H16ClNO5/c1-29-16-9-6-14(7-10-16)13-30-23(28)15-8-11-17-18(12-15)22(27)25(21(17)26)20-5-3-2-4-19(20)24/h2-12H,13H2,1H3. The van der Waals surface area contributed by atoms with Gasteiger partial charge in [-0.25, -0.2) is 9.69 Å². The van der Waals surface area contributed by atoms with E-state index in [1.165, 1.54) is 18.2 Å². The van der Waals surface area contributed by atoms with Crippen molar-refractivity contribution in [3.05, 3.63) is 94.0 Å². The molecule has 0 saturated heterocycles. The zero-order valence-electron chi connectivity index (χ0n) is 15.9. The molecule has 0 aromatic heterocycles. The summed E-state index contributed by atoms with van der Waals surface area (Å²) in [5.74, 6) is -0.908. The fourth-order valence-electron chi connectivity index (χ4n) is 3.17. The Kier molecular flexibility index (Phi) is 5.25. The fraction of sp³-hybridized carbons (Fsp3) is 0.0870. The minimum absolute atomic E-state index is 0.0680. The van der Waals surface area contributed by atoms with Gasteiger partial charge in [-0.1, -0.05) is 35.9 Å². The predicted octanol–water partition coefficient (Wildman–Crippen LogP) is 4.51. The quantitative estimate of drug-likeness (QED) is 0.448. The lowest BCUT2D eigenvalue weighted by atomic mass is 10.1. The number of benzene rings is 3. The Balaban J connectivity index is 1.53. The average molecular weight is 422 g/mol. The molecule has 3 aromatic carbocycles. The molecule has 0 N–H and O–H groups in total. The van der Waals surface area contributed by atoms with Crippen LogP contribution in [0.3, 0.4) is 0 Å². The molecule has 30 heavy (non-hydrogen) atoms. The van der Waals surface area contributed by atoms with Crippen LogP contribution in [0.5, 0.6) is 5.75 Å². The molecule has 6 nitrogen and oxygen atoms in total. The number of para-hydroxylation sites is 1. The first-order valence-electron chi connectivity index (χ1n) is 9.07. The Bertz CT molecular complexity index is 1160. The molecule has 1 aliphatic heterocycles. The maximum absolute atomic E-state index is 12.9. The van der Waals surface area contributed by atoms with Gasteiger partial charge < -0.3 is 9.47 Å². The molecule has 0 fully saturated rings. The monoisotopic (exact) mass is 421 g/mol. The lowest BCUT2D eigenvalue weighted by Crippen LogP contribution is -2.29. The number of carbonyl (C=O) groups is 3. The third-order valence-electron chi connectivity index (χ3n) is 4.74. The Morgan fingerprint density at radius 3 is 2.33 bits per heavy atom. The number of methoxy groups -OCH3 is 1. The van der Waals surface area contributed by atoms with E-state index in [9.17, 15) is 14.4 Å². The number of hydrogen-bond acceptors (Lipinski definition) is 5. The van der Waals surface area contributed by atoms with Crippen LogP contribution in [-0.4, -0.2) is 24.9 Å². The molecule has 0 unspecified atom stereocenters. The number of anilines is 1. The van der Waals surface area contributed by atoms with Crippen LogP contribution in [0.2, 0.25) is 5.02 Å². The van der Waals surface area contributed by atoms with Crippen molar-refractivity contribution in [3.8, 4) is 5.75 Å². The molecule has 150 valence electrons. The molecule has 0 radical (unpaired) electrons. The van der Waals surface area contributed by atoms with Gasteiger partial charge in [0.15, 0.2) is 0 Å². The molecule has 3 aromatic rings. The SMILES string of the molecule is COc1ccc(COC(=O)c2ccc3c(c2)C(=O)N(c2ccccc2Cl)C3=O)cc1. The van der Waals surface area contributed by atoms with Gasteiger partial charge in [0, 0.05) is 0 Å². The first-order chi connectivity index (χ1) is 14.5. The normalized spacial score (nSPS) is 12.7. The summed E-state index contributed by atoms with van der Waals surface area (Å²) in [5.41, 5.74) is 1.63. The number of nitrogens with zero attached hydrogens (tertiary/aromatic N) is 1. The third kappa shape index (κ3) is 3.53. The summed E-state index contributed by atoms with van der Waals surface area (Å²) in [6.07, 6.45) is 0. The summed E-state index contributed by atoms with van der Waals surface area (Å²) < 4.78 is 10.4. The summed E-state index contributed by atoms with van der Waals surface area (Å²) in [6, 6.07) is 18.0. The highest BCUT2D eigenvalue weighted by molar-refractivity contribution is 6.39. The van der Waals surface area contributed by atoms with E-state index in [-0.39, 0.29) is 28.3 Å². The highest BCUT2D eigenvalue weighted by Crippen LogP contribution is 2.33. The minimum atomic E-state index is -0.593. The Labute approximate surface area is 177 Å². The van der Waals surface area contributed by atoms with E-state index in [2.05, 4.69) is 0 Å². The Hall–Kier alpha value is -3.64. The van der Waals surface area contributed by atoms with Crippen molar-refractivity contribution in [2.75, 3.05) is 12.0 Å². The molecule has 4 rings (SSSR count). The van der Waals surface area contributed by atoms with E-state index in [1.54, 1.807) is 55.6 Å². The van der Waals surface area contributed by atoms with Crippen LogP contribution >= 0.6 is 11.6 Å².